The number of aliphatic carboxylic acids is 1. The van der Waals surface area contributed by atoms with Gasteiger partial charge >= 0.3 is 0 Å². The Morgan fingerprint density at radius 1 is 1.38 bits per heavy atom. The van der Waals surface area contributed by atoms with Gasteiger partial charge in [-0.3, -0.25) is 0 Å². The molecule has 0 saturated carbocycles. The third kappa shape index (κ3) is 4.14. The van der Waals surface area contributed by atoms with Gasteiger partial charge in [0.15, 0.2) is 0 Å². The van der Waals surface area contributed by atoms with E-state index < -0.39 is 12.0 Å². The molecule has 122 valence electrons. The second kappa shape index (κ2) is 7.84. The molecule has 1 unspecified atom stereocenters. The Morgan fingerprint density at radius 2 is 2.08 bits per heavy atom. The molecule has 24 heavy (non-hydrogen) atoms. The summed E-state index contributed by atoms with van der Waals surface area (Å²) in [5.41, 5.74) is 2.33. The number of benzene rings is 2. The van der Waals surface area contributed by atoms with E-state index in [1.807, 2.05) is 13.0 Å². The minimum absolute atomic E-state index is 0.471. The van der Waals surface area contributed by atoms with Crippen LogP contribution in [0, 0.1) is 11.3 Å². The maximum Gasteiger partial charge on any atom is 0.120 e. The molecular weight excluding hydrogens is 304 g/mol. The molecule has 2 rings (SSSR count). The lowest BCUT2D eigenvalue weighted by Gasteiger charge is -2.22. The molecular formula is C19H17N2O3-. The van der Waals surface area contributed by atoms with E-state index in [-0.39, 0.29) is 0 Å². The van der Waals surface area contributed by atoms with Gasteiger partial charge in [0, 0.05) is 5.69 Å². The Hall–Kier alpha value is -3.26. The monoisotopic (exact) mass is 321 g/mol. The van der Waals surface area contributed by atoms with Gasteiger partial charge in [0.2, 0.25) is 0 Å². The molecule has 0 aromatic heterocycles. The summed E-state index contributed by atoms with van der Waals surface area (Å²) >= 11 is 0. The second-order valence-electron chi connectivity index (χ2n) is 5.06. The first kappa shape index (κ1) is 17.1. The lowest BCUT2D eigenvalue weighted by atomic mass is 10.0. The molecule has 0 fully saturated rings. The number of rotatable bonds is 7. The van der Waals surface area contributed by atoms with E-state index in [0.29, 0.717) is 29.2 Å². The summed E-state index contributed by atoms with van der Waals surface area (Å²) in [7, 11) is 0. The Balaban J connectivity index is 2.35. The molecule has 1 atom stereocenters. The van der Waals surface area contributed by atoms with Crippen molar-refractivity contribution in [2.24, 2.45) is 0 Å². The zero-order valence-corrected chi connectivity index (χ0v) is 13.3. The molecule has 2 aromatic rings. The van der Waals surface area contributed by atoms with E-state index in [9.17, 15) is 9.90 Å². The van der Waals surface area contributed by atoms with Crippen molar-refractivity contribution in [1.29, 1.82) is 5.26 Å². The van der Waals surface area contributed by atoms with Gasteiger partial charge in [-0.05, 0) is 60.5 Å². The Kier molecular flexibility index (Phi) is 5.58. The molecule has 0 aliphatic carbocycles. The number of hydrogen-bond donors (Lipinski definition) is 1. The molecule has 1 N–H and O–H groups in total. The predicted octanol–water partition coefficient (Wildman–Crippen LogP) is 2.50. The molecule has 0 heterocycles. The zero-order chi connectivity index (χ0) is 17.5. The minimum Gasteiger partial charge on any atom is -0.548 e. The highest BCUT2D eigenvalue weighted by Gasteiger charge is 2.15. The zero-order valence-electron chi connectivity index (χ0n) is 13.3. The highest BCUT2D eigenvalue weighted by atomic mass is 16.5. The van der Waals surface area contributed by atoms with Gasteiger partial charge in [0.1, 0.15) is 5.75 Å². The van der Waals surface area contributed by atoms with Crippen LogP contribution in [0.5, 0.6) is 5.75 Å². The van der Waals surface area contributed by atoms with Crippen LogP contribution in [0.2, 0.25) is 0 Å². The molecule has 0 aliphatic heterocycles. The van der Waals surface area contributed by atoms with Gasteiger partial charge in [-0.2, -0.15) is 5.26 Å². The van der Waals surface area contributed by atoms with Gasteiger partial charge in [0.05, 0.1) is 30.3 Å². The normalized spacial score (nSPS) is 11.2. The van der Waals surface area contributed by atoms with Crippen molar-refractivity contribution < 1.29 is 14.6 Å². The number of hydrogen-bond acceptors (Lipinski definition) is 5. The number of carbonyl (C=O) groups excluding carboxylic acids is 1. The molecule has 0 spiro atoms. The van der Waals surface area contributed by atoms with Gasteiger partial charge in [-0.15, -0.1) is 0 Å². The van der Waals surface area contributed by atoms with E-state index in [1.54, 1.807) is 48.5 Å². The van der Waals surface area contributed by atoms with E-state index in [0.717, 1.165) is 5.56 Å². The first-order chi connectivity index (χ1) is 11.6. The van der Waals surface area contributed by atoms with Crippen molar-refractivity contribution in [2.45, 2.75) is 13.0 Å². The smallest absolute Gasteiger partial charge is 0.120 e. The van der Waals surface area contributed by atoms with Crippen molar-refractivity contribution in [3.8, 4) is 11.8 Å². The fraction of sp³-hybridized carbons (Fsp3) is 0.158. The average molecular weight is 321 g/mol. The van der Waals surface area contributed by atoms with E-state index >= 15 is 0 Å². The summed E-state index contributed by atoms with van der Waals surface area (Å²) in [6, 6.07) is 12.6. The van der Waals surface area contributed by atoms with Crippen molar-refractivity contribution in [3.05, 3.63) is 65.7 Å². The largest absolute Gasteiger partial charge is 0.548 e. The maximum absolute atomic E-state index is 11.6. The van der Waals surface area contributed by atoms with Crippen LogP contribution >= 0.6 is 0 Å². The number of carboxylic acid groups (broad SMARTS) is 1. The van der Waals surface area contributed by atoms with Gasteiger partial charge in [-0.25, -0.2) is 0 Å². The van der Waals surface area contributed by atoms with Crippen LogP contribution < -0.4 is 15.2 Å². The number of nitriles is 1. The molecule has 5 heteroatoms. The van der Waals surface area contributed by atoms with Crippen molar-refractivity contribution in [3.63, 3.8) is 0 Å². The van der Waals surface area contributed by atoms with Crippen LogP contribution in [-0.2, 0) is 4.79 Å². The second-order valence-corrected chi connectivity index (χ2v) is 5.06. The number of nitrogens with one attached hydrogen (secondary N) is 1. The first-order valence-corrected chi connectivity index (χ1v) is 7.45. The molecule has 0 radical (unpaired) electrons. The fourth-order valence-corrected chi connectivity index (χ4v) is 2.27. The molecule has 0 saturated heterocycles. The number of carboxylic acids is 1. The third-order valence-corrected chi connectivity index (χ3v) is 3.39. The molecule has 0 aliphatic rings. The van der Waals surface area contributed by atoms with Crippen molar-refractivity contribution in [2.75, 3.05) is 11.9 Å². The number of anilines is 1. The molecule has 2 aromatic carbocycles. The summed E-state index contributed by atoms with van der Waals surface area (Å²) in [5.74, 6) is -0.694. The van der Waals surface area contributed by atoms with Crippen molar-refractivity contribution >= 4 is 17.7 Å². The van der Waals surface area contributed by atoms with Gasteiger partial charge in [0.25, 0.3) is 0 Å². The summed E-state index contributed by atoms with van der Waals surface area (Å²) < 4.78 is 5.47. The lowest BCUT2D eigenvalue weighted by molar-refractivity contribution is -0.307. The Labute approximate surface area is 140 Å². The van der Waals surface area contributed by atoms with Crippen LogP contribution in [0.1, 0.15) is 29.7 Å². The number of carbonyl (C=O) groups is 1. The summed E-state index contributed by atoms with van der Waals surface area (Å²) in [5, 5.41) is 23.3. The molecule has 0 bridgehead atoms. The van der Waals surface area contributed by atoms with Gasteiger partial charge < -0.3 is 20.0 Å². The summed E-state index contributed by atoms with van der Waals surface area (Å²) in [6.45, 7) is 6.03. The Bertz CT molecular complexity index is 776. The topological polar surface area (TPSA) is 85.2 Å². The fourth-order valence-electron chi connectivity index (χ4n) is 2.27. The highest BCUT2D eigenvalue weighted by molar-refractivity contribution is 5.78. The van der Waals surface area contributed by atoms with E-state index in [2.05, 4.69) is 11.9 Å². The maximum atomic E-state index is 11.6. The SMILES string of the molecule is C=Cc1cc(OCC)cc(C(Nc2ccc(C#N)cc2)C(=O)[O-])c1. The van der Waals surface area contributed by atoms with Crippen LogP contribution in [0.3, 0.4) is 0 Å². The Morgan fingerprint density at radius 3 is 2.62 bits per heavy atom. The summed E-state index contributed by atoms with van der Waals surface area (Å²) in [6.07, 6.45) is 1.63. The van der Waals surface area contributed by atoms with Gasteiger partial charge in [-0.1, -0.05) is 12.7 Å². The van der Waals surface area contributed by atoms with E-state index in [1.165, 1.54) is 0 Å². The lowest BCUT2D eigenvalue weighted by Crippen LogP contribution is -2.34. The van der Waals surface area contributed by atoms with Crippen molar-refractivity contribution in [1.82, 2.24) is 0 Å². The molecule has 0 amide bonds. The number of nitrogens with zero attached hydrogens (tertiary/aromatic N) is 1. The number of ether oxygens (including phenoxy) is 1. The quantitative estimate of drug-likeness (QED) is 0.847. The van der Waals surface area contributed by atoms with Crippen LogP contribution in [0.15, 0.2) is 49.0 Å². The van der Waals surface area contributed by atoms with E-state index in [4.69, 9.17) is 10.00 Å². The first-order valence-electron chi connectivity index (χ1n) is 7.45. The summed E-state index contributed by atoms with van der Waals surface area (Å²) in [4.78, 5) is 11.6. The average Bonchev–Trinajstić information content (AvgIpc) is 2.59. The van der Waals surface area contributed by atoms with Crippen LogP contribution in [0.4, 0.5) is 5.69 Å². The standard InChI is InChI=1S/C19H18N2O3/c1-3-13-9-15(11-17(10-13)24-4-2)18(19(22)23)21-16-7-5-14(12-20)6-8-16/h3,5-11,18,21H,1,4H2,2H3,(H,22,23)/p-1. The minimum atomic E-state index is -1.26. The van der Waals surface area contributed by atoms with Crippen LogP contribution in [-0.4, -0.2) is 12.6 Å². The van der Waals surface area contributed by atoms with Crippen LogP contribution in [0.25, 0.3) is 6.08 Å². The highest BCUT2D eigenvalue weighted by Crippen LogP contribution is 2.26. The predicted molar refractivity (Wildman–Crippen MR) is 90.2 cm³/mol. The molecule has 5 nitrogen and oxygen atoms in total. The third-order valence-electron chi connectivity index (χ3n) is 3.39.